The minimum absolute atomic E-state index is 0.00254. The molecule has 2 atom stereocenters. The first kappa shape index (κ1) is 40.6. The molecule has 4 aliphatic rings. The third-order valence-corrected chi connectivity index (χ3v) is 11.4. The number of hydrogen-bond donors (Lipinski definition) is 0. The van der Waals surface area contributed by atoms with Crippen molar-refractivity contribution in [1.29, 1.82) is 0 Å². The number of hydrogen-bond acceptors (Lipinski definition) is 14. The van der Waals surface area contributed by atoms with Crippen molar-refractivity contribution < 1.29 is 47.8 Å². The molecule has 10 rings (SSSR count). The summed E-state index contributed by atoms with van der Waals surface area (Å²) in [6.45, 7) is 2.94. The van der Waals surface area contributed by atoms with Gasteiger partial charge in [-0.15, -0.1) is 0 Å². The highest BCUT2D eigenvalue weighted by molar-refractivity contribution is 6.35. The Bertz CT molecular complexity index is 3110. The highest BCUT2D eigenvalue weighted by Gasteiger charge is 2.41. The van der Waals surface area contributed by atoms with Crippen molar-refractivity contribution in [3.8, 4) is 22.3 Å². The Morgan fingerprint density at radius 1 is 0.415 bits per heavy atom. The predicted molar refractivity (Wildman–Crippen MR) is 227 cm³/mol. The van der Waals surface area contributed by atoms with Crippen molar-refractivity contribution in [2.24, 2.45) is 0 Å². The SMILES string of the molecule is CC(COC(C)CN1C(=O)c2ccc(-c3ccc4c(c3)C(=O)N(c3ncccn3)C4=O)cc2C1=O)OCN1C(=O)c2ccc(-c3ccc4c(c3)C(=O)N(c3ncccn3)C4=O)cc2C1=O. The van der Waals surface area contributed by atoms with Gasteiger partial charge in [0.1, 0.15) is 6.73 Å². The van der Waals surface area contributed by atoms with Crippen molar-refractivity contribution in [3.05, 3.63) is 154 Å². The molecule has 2 aromatic heterocycles. The lowest BCUT2D eigenvalue weighted by Crippen LogP contribution is -2.38. The zero-order valence-electron chi connectivity index (χ0n) is 34.3. The van der Waals surface area contributed by atoms with Crippen LogP contribution in [0.15, 0.2) is 110 Å². The van der Waals surface area contributed by atoms with E-state index >= 15 is 0 Å². The van der Waals surface area contributed by atoms with Crippen molar-refractivity contribution >= 4 is 59.2 Å². The summed E-state index contributed by atoms with van der Waals surface area (Å²) in [4.78, 5) is 126. The molecule has 4 aromatic carbocycles. The summed E-state index contributed by atoms with van der Waals surface area (Å²) in [6, 6.07) is 22.1. The van der Waals surface area contributed by atoms with Crippen LogP contribution in [0.25, 0.3) is 22.3 Å². The fourth-order valence-corrected chi connectivity index (χ4v) is 8.10. The second-order valence-corrected chi connectivity index (χ2v) is 15.5. The van der Waals surface area contributed by atoms with Crippen molar-refractivity contribution in [2.45, 2.75) is 26.1 Å². The molecule has 8 amide bonds. The van der Waals surface area contributed by atoms with E-state index in [1.807, 2.05) is 0 Å². The van der Waals surface area contributed by atoms with Gasteiger partial charge >= 0.3 is 0 Å². The molecular formula is C47H32N8O10. The summed E-state index contributed by atoms with van der Waals surface area (Å²) < 4.78 is 11.8. The van der Waals surface area contributed by atoms with Gasteiger partial charge in [0.05, 0.1) is 69.9 Å². The summed E-state index contributed by atoms with van der Waals surface area (Å²) in [7, 11) is 0. The lowest BCUT2D eigenvalue weighted by molar-refractivity contribution is -0.0564. The number of carbonyl (C=O) groups excluding carboxylic acids is 8. The van der Waals surface area contributed by atoms with Crippen LogP contribution in [0.2, 0.25) is 0 Å². The minimum Gasteiger partial charge on any atom is -0.374 e. The fraction of sp³-hybridized carbons (Fsp3) is 0.149. The first-order valence-electron chi connectivity index (χ1n) is 20.2. The third kappa shape index (κ3) is 6.75. The maximum absolute atomic E-state index is 13.6. The molecule has 0 saturated carbocycles. The zero-order valence-corrected chi connectivity index (χ0v) is 34.3. The summed E-state index contributed by atoms with van der Waals surface area (Å²) in [5, 5.41) is 0. The van der Waals surface area contributed by atoms with Gasteiger partial charge in [0, 0.05) is 24.8 Å². The molecule has 0 fully saturated rings. The molecule has 2 unspecified atom stereocenters. The van der Waals surface area contributed by atoms with Crippen LogP contribution in [-0.4, -0.2) is 109 Å². The van der Waals surface area contributed by atoms with E-state index in [1.54, 1.807) is 80.6 Å². The number of benzene rings is 4. The molecule has 4 aliphatic heterocycles. The molecular weight excluding hydrogens is 837 g/mol. The van der Waals surface area contributed by atoms with Gasteiger partial charge in [-0.05, 0) is 96.8 Å². The van der Waals surface area contributed by atoms with Crippen LogP contribution < -0.4 is 9.80 Å². The van der Waals surface area contributed by atoms with Crippen LogP contribution in [0.5, 0.6) is 0 Å². The highest BCUT2D eigenvalue weighted by atomic mass is 16.5. The maximum atomic E-state index is 13.6. The number of amides is 8. The van der Waals surface area contributed by atoms with E-state index < -0.39 is 59.5 Å². The molecule has 18 heteroatoms. The van der Waals surface area contributed by atoms with Crippen molar-refractivity contribution in [2.75, 3.05) is 29.7 Å². The van der Waals surface area contributed by atoms with Crippen LogP contribution in [0.3, 0.4) is 0 Å². The summed E-state index contributed by atoms with van der Waals surface area (Å²) in [5.74, 6) is -4.49. The molecule has 6 aromatic rings. The molecule has 0 spiro atoms. The van der Waals surface area contributed by atoms with Crippen LogP contribution in [0.1, 0.15) is 96.7 Å². The Hall–Kier alpha value is -8.48. The first-order valence-corrected chi connectivity index (χ1v) is 20.2. The summed E-state index contributed by atoms with van der Waals surface area (Å²) in [6.07, 6.45) is 4.48. The number of nitrogens with zero attached hydrogens (tertiary/aromatic N) is 8. The Morgan fingerprint density at radius 3 is 1.18 bits per heavy atom. The number of anilines is 2. The van der Waals surface area contributed by atoms with Gasteiger partial charge in [-0.1, -0.05) is 24.3 Å². The van der Waals surface area contributed by atoms with Crippen molar-refractivity contribution in [1.82, 2.24) is 29.7 Å². The average molecular weight is 869 g/mol. The van der Waals surface area contributed by atoms with Gasteiger partial charge in [0.2, 0.25) is 11.9 Å². The summed E-state index contributed by atoms with van der Waals surface area (Å²) >= 11 is 0. The van der Waals surface area contributed by atoms with Gasteiger partial charge in [-0.3, -0.25) is 43.3 Å². The molecule has 18 nitrogen and oxygen atoms in total. The van der Waals surface area contributed by atoms with Crippen LogP contribution in [0.4, 0.5) is 11.9 Å². The number of carbonyl (C=O) groups is 8. The van der Waals surface area contributed by atoms with Crippen molar-refractivity contribution in [3.63, 3.8) is 0 Å². The average Bonchev–Trinajstić information content (AvgIpc) is 3.92. The van der Waals surface area contributed by atoms with E-state index in [4.69, 9.17) is 9.47 Å². The normalized spacial score (nSPS) is 16.2. The standard InChI is InChI=1S/C47H32N8O10/c1-24(21-52-38(56)30-9-5-26(17-34(30)40(52)58)28-7-11-32-36(19-28)44(62)54(42(32)60)46-48-13-3-14-49-46)64-22-25(2)65-23-53-39(57)31-10-6-27(18-35(31)41(53)59)29-8-12-33-37(20-29)45(63)55(43(33)61)47-50-15-4-16-51-47/h3-20,24-25H,21-23H2,1-2H3. The van der Waals surface area contributed by atoms with E-state index in [0.29, 0.717) is 22.3 Å². The third-order valence-electron chi connectivity index (χ3n) is 11.4. The minimum atomic E-state index is -0.625. The van der Waals surface area contributed by atoms with Crippen LogP contribution >= 0.6 is 0 Å². The highest BCUT2D eigenvalue weighted by Crippen LogP contribution is 2.35. The Labute approximate surface area is 368 Å². The predicted octanol–water partition coefficient (Wildman–Crippen LogP) is 4.86. The van der Waals surface area contributed by atoms with E-state index in [1.165, 1.54) is 43.0 Å². The number of aromatic nitrogens is 4. The van der Waals surface area contributed by atoms with E-state index in [-0.39, 0.29) is 76.3 Å². The number of imide groups is 4. The van der Waals surface area contributed by atoms with Crippen LogP contribution in [0, 0.1) is 0 Å². The second kappa shape index (κ2) is 15.7. The number of fused-ring (bicyclic) bond motifs is 4. The van der Waals surface area contributed by atoms with Gasteiger partial charge in [-0.25, -0.2) is 34.6 Å². The molecule has 0 aliphatic carbocycles. The lowest BCUT2D eigenvalue weighted by atomic mass is 9.97. The van der Waals surface area contributed by atoms with Gasteiger partial charge in [0.25, 0.3) is 47.3 Å². The van der Waals surface area contributed by atoms with Gasteiger partial charge in [-0.2, -0.15) is 0 Å². The Kier molecular flexibility index (Phi) is 9.80. The smallest absolute Gasteiger partial charge is 0.268 e. The van der Waals surface area contributed by atoms with Gasteiger partial charge in [0.15, 0.2) is 0 Å². The number of rotatable bonds is 12. The zero-order chi connectivity index (χ0) is 45.3. The second-order valence-electron chi connectivity index (χ2n) is 15.5. The molecule has 65 heavy (non-hydrogen) atoms. The fourth-order valence-electron chi connectivity index (χ4n) is 8.10. The van der Waals surface area contributed by atoms with E-state index in [9.17, 15) is 38.4 Å². The quantitative estimate of drug-likeness (QED) is 0.150. The maximum Gasteiger partial charge on any atom is 0.268 e. The first-order chi connectivity index (χ1) is 31.4. The Balaban J connectivity index is 0.741. The lowest BCUT2D eigenvalue weighted by Gasteiger charge is -2.23. The topological polar surface area (TPSA) is 220 Å². The Morgan fingerprint density at radius 2 is 0.754 bits per heavy atom. The van der Waals surface area contributed by atoms with Crippen LogP contribution in [-0.2, 0) is 9.47 Å². The monoisotopic (exact) mass is 868 g/mol. The molecule has 0 radical (unpaired) electrons. The van der Waals surface area contributed by atoms with E-state index in [0.717, 1.165) is 19.6 Å². The van der Waals surface area contributed by atoms with Gasteiger partial charge < -0.3 is 9.47 Å². The number of ether oxygens (including phenoxy) is 2. The molecule has 320 valence electrons. The molecule has 0 saturated heterocycles. The summed E-state index contributed by atoms with van der Waals surface area (Å²) in [5.41, 5.74) is 3.61. The molecule has 0 N–H and O–H groups in total. The molecule has 6 heterocycles. The largest absolute Gasteiger partial charge is 0.374 e. The van der Waals surface area contributed by atoms with E-state index in [2.05, 4.69) is 19.9 Å². The molecule has 0 bridgehead atoms.